The van der Waals surface area contributed by atoms with Crippen molar-refractivity contribution in [1.82, 2.24) is 0 Å². The van der Waals surface area contributed by atoms with Crippen molar-refractivity contribution in [2.45, 2.75) is 78.7 Å². The second-order valence-corrected chi connectivity index (χ2v) is 11.1. The van der Waals surface area contributed by atoms with E-state index < -0.39 is 17.0 Å². The standard InChI is InChI=1S/C25H36O5/c1-14-10-18-19(23(4)8-6-17(27)12-20(14)23)7-9-24(5)21(18)11-15(2)25(24,29)22(28)13-30-16(3)26/h12,14-15,18-19,21,29H,6-11,13H2,1-5H3/t14-,15+,18+,19+,21+,23+,24+,25-/m0/s1. The summed E-state index contributed by atoms with van der Waals surface area (Å²) in [5.74, 6) is 0.780. The Kier molecular flexibility index (Phi) is 5.08. The van der Waals surface area contributed by atoms with E-state index in [4.69, 9.17) is 4.74 Å². The van der Waals surface area contributed by atoms with Crippen molar-refractivity contribution in [3.63, 3.8) is 0 Å². The second-order valence-electron chi connectivity index (χ2n) is 11.1. The van der Waals surface area contributed by atoms with Crippen molar-refractivity contribution in [3.05, 3.63) is 11.6 Å². The van der Waals surface area contributed by atoms with Crippen LogP contribution >= 0.6 is 0 Å². The van der Waals surface area contributed by atoms with E-state index in [1.807, 2.05) is 13.0 Å². The molecule has 0 unspecified atom stereocenters. The van der Waals surface area contributed by atoms with Gasteiger partial charge in [0, 0.05) is 18.8 Å². The molecule has 4 aliphatic carbocycles. The predicted molar refractivity (Wildman–Crippen MR) is 112 cm³/mol. The minimum atomic E-state index is -1.46. The maximum Gasteiger partial charge on any atom is 0.303 e. The quantitative estimate of drug-likeness (QED) is 0.707. The Morgan fingerprint density at radius 3 is 2.53 bits per heavy atom. The molecule has 0 saturated heterocycles. The van der Waals surface area contributed by atoms with Crippen LogP contribution in [0.1, 0.15) is 73.1 Å². The number of carbonyl (C=O) groups is 3. The molecule has 30 heavy (non-hydrogen) atoms. The van der Waals surface area contributed by atoms with E-state index in [9.17, 15) is 19.5 Å². The van der Waals surface area contributed by atoms with Gasteiger partial charge in [-0.2, -0.15) is 0 Å². The van der Waals surface area contributed by atoms with Gasteiger partial charge in [-0.05, 0) is 73.2 Å². The van der Waals surface area contributed by atoms with Crippen LogP contribution in [0.4, 0.5) is 0 Å². The Balaban J connectivity index is 1.68. The molecule has 4 aliphatic rings. The van der Waals surface area contributed by atoms with Gasteiger partial charge < -0.3 is 9.84 Å². The predicted octanol–water partition coefficient (Wildman–Crippen LogP) is 3.87. The fourth-order valence-electron chi connectivity index (χ4n) is 8.20. The van der Waals surface area contributed by atoms with Gasteiger partial charge in [-0.15, -0.1) is 0 Å². The number of hydrogen-bond acceptors (Lipinski definition) is 5. The summed E-state index contributed by atoms with van der Waals surface area (Å²) in [4.78, 5) is 36.5. The van der Waals surface area contributed by atoms with Crippen LogP contribution in [0.3, 0.4) is 0 Å². The number of ether oxygens (including phenoxy) is 1. The lowest BCUT2D eigenvalue weighted by molar-refractivity contribution is -0.175. The van der Waals surface area contributed by atoms with Gasteiger partial charge in [0.25, 0.3) is 0 Å². The van der Waals surface area contributed by atoms with Gasteiger partial charge in [0.1, 0.15) is 5.60 Å². The van der Waals surface area contributed by atoms with Gasteiger partial charge in [-0.1, -0.05) is 33.3 Å². The first-order chi connectivity index (χ1) is 13.9. The molecule has 0 aromatic heterocycles. The van der Waals surface area contributed by atoms with Gasteiger partial charge in [-0.25, -0.2) is 0 Å². The van der Waals surface area contributed by atoms with Crippen LogP contribution in [0, 0.1) is 40.4 Å². The number of rotatable bonds is 3. The molecular formula is C25H36O5. The minimum absolute atomic E-state index is 0.0449. The lowest BCUT2D eigenvalue weighted by atomic mass is 9.44. The highest BCUT2D eigenvalue weighted by molar-refractivity contribution is 5.92. The first-order valence-corrected chi connectivity index (χ1v) is 11.6. The number of aliphatic hydroxyl groups is 1. The van der Waals surface area contributed by atoms with Gasteiger partial charge >= 0.3 is 5.97 Å². The Morgan fingerprint density at radius 2 is 1.87 bits per heavy atom. The lowest BCUT2D eigenvalue weighted by Crippen LogP contribution is -2.60. The molecule has 5 nitrogen and oxygen atoms in total. The molecule has 0 spiro atoms. The van der Waals surface area contributed by atoms with Crippen LogP contribution in [-0.4, -0.2) is 34.9 Å². The molecule has 8 atom stereocenters. The summed E-state index contributed by atoms with van der Waals surface area (Å²) >= 11 is 0. The third kappa shape index (κ3) is 2.80. The van der Waals surface area contributed by atoms with Gasteiger partial charge in [0.05, 0.1) is 0 Å². The highest BCUT2D eigenvalue weighted by atomic mass is 16.5. The normalized spacial score (nSPS) is 47.6. The van der Waals surface area contributed by atoms with E-state index in [0.29, 0.717) is 24.2 Å². The summed E-state index contributed by atoms with van der Waals surface area (Å²) in [6, 6.07) is 0. The molecule has 0 heterocycles. The zero-order valence-corrected chi connectivity index (χ0v) is 19.0. The van der Waals surface area contributed by atoms with Crippen LogP contribution < -0.4 is 0 Å². The van der Waals surface area contributed by atoms with Gasteiger partial charge in [-0.3, -0.25) is 14.4 Å². The van der Waals surface area contributed by atoms with Crippen LogP contribution in [0.25, 0.3) is 0 Å². The van der Waals surface area contributed by atoms with Gasteiger partial charge in [0.2, 0.25) is 5.78 Å². The van der Waals surface area contributed by atoms with Crippen molar-refractivity contribution >= 4 is 17.5 Å². The van der Waals surface area contributed by atoms with E-state index >= 15 is 0 Å². The molecule has 0 radical (unpaired) electrons. The maximum absolute atomic E-state index is 13.1. The first kappa shape index (κ1) is 21.7. The Hall–Kier alpha value is -1.49. The van der Waals surface area contributed by atoms with Crippen LogP contribution in [0.15, 0.2) is 11.6 Å². The third-order valence-electron chi connectivity index (χ3n) is 9.69. The summed E-state index contributed by atoms with van der Waals surface area (Å²) < 4.78 is 4.99. The Morgan fingerprint density at radius 1 is 1.17 bits per heavy atom. The van der Waals surface area contributed by atoms with E-state index in [1.165, 1.54) is 12.5 Å². The van der Waals surface area contributed by atoms with Crippen LogP contribution in [0.5, 0.6) is 0 Å². The fourth-order valence-corrected chi connectivity index (χ4v) is 8.20. The molecule has 1 N–H and O–H groups in total. The number of fused-ring (bicyclic) bond motifs is 5. The number of ketones is 2. The Labute approximate surface area is 179 Å². The SMILES string of the molecule is CC(=O)OCC(=O)[C@@]1(O)[C@H](C)C[C@@H]2[C@@H]3C[C@H](C)C4=CC(=O)CC[C@]4(C)[C@@H]3CC[C@]21C. The average molecular weight is 417 g/mol. The molecule has 4 rings (SSSR count). The molecule has 0 bridgehead atoms. The van der Waals surface area contributed by atoms with E-state index in [2.05, 4.69) is 20.8 Å². The van der Waals surface area contributed by atoms with Crippen molar-refractivity contribution in [2.75, 3.05) is 6.61 Å². The monoisotopic (exact) mass is 416 g/mol. The number of esters is 1. The van der Waals surface area contributed by atoms with Crippen molar-refractivity contribution < 1.29 is 24.2 Å². The van der Waals surface area contributed by atoms with Crippen LogP contribution in [-0.2, 0) is 19.1 Å². The number of allylic oxidation sites excluding steroid dienone is 1. The largest absolute Gasteiger partial charge is 0.458 e. The number of carbonyl (C=O) groups excluding carboxylic acids is 3. The summed E-state index contributed by atoms with van der Waals surface area (Å²) in [7, 11) is 0. The molecule has 5 heteroatoms. The summed E-state index contributed by atoms with van der Waals surface area (Å²) in [6.45, 7) is 9.58. The first-order valence-electron chi connectivity index (χ1n) is 11.6. The smallest absolute Gasteiger partial charge is 0.303 e. The molecule has 0 aromatic carbocycles. The lowest BCUT2D eigenvalue weighted by Gasteiger charge is -2.60. The zero-order valence-electron chi connectivity index (χ0n) is 19.0. The molecule has 0 aliphatic heterocycles. The van der Waals surface area contributed by atoms with Crippen molar-refractivity contribution in [1.29, 1.82) is 0 Å². The molecule has 0 amide bonds. The number of hydrogen-bond donors (Lipinski definition) is 1. The second kappa shape index (κ2) is 7.01. The van der Waals surface area contributed by atoms with E-state index in [-0.39, 0.29) is 35.4 Å². The Bertz CT molecular complexity index is 814. The highest BCUT2D eigenvalue weighted by Gasteiger charge is 2.69. The zero-order chi connectivity index (χ0) is 22.1. The minimum Gasteiger partial charge on any atom is -0.458 e. The molecule has 166 valence electrons. The van der Waals surface area contributed by atoms with Crippen molar-refractivity contribution in [2.24, 2.45) is 40.4 Å². The highest BCUT2D eigenvalue weighted by Crippen LogP contribution is 2.69. The fraction of sp³-hybridized carbons (Fsp3) is 0.800. The molecular weight excluding hydrogens is 380 g/mol. The average Bonchev–Trinajstić information content (AvgIpc) is 2.89. The molecule has 0 aromatic rings. The van der Waals surface area contributed by atoms with Crippen LogP contribution in [0.2, 0.25) is 0 Å². The van der Waals surface area contributed by atoms with Crippen molar-refractivity contribution in [3.8, 4) is 0 Å². The summed E-state index contributed by atoms with van der Waals surface area (Å²) in [5.41, 5.74) is -0.590. The summed E-state index contributed by atoms with van der Waals surface area (Å²) in [6.07, 6.45) is 7.05. The number of Topliss-reactive ketones (excluding diaryl/α,β-unsaturated/α-hetero) is 1. The van der Waals surface area contributed by atoms with E-state index in [0.717, 1.165) is 32.1 Å². The third-order valence-corrected chi connectivity index (χ3v) is 9.69. The topological polar surface area (TPSA) is 80.7 Å². The van der Waals surface area contributed by atoms with Gasteiger partial charge in [0.15, 0.2) is 12.4 Å². The molecule has 3 saturated carbocycles. The van der Waals surface area contributed by atoms with E-state index in [1.54, 1.807) is 0 Å². The maximum atomic E-state index is 13.1. The molecule has 3 fully saturated rings. The summed E-state index contributed by atoms with van der Waals surface area (Å²) in [5, 5.41) is 11.8.